The number of esters is 1. The van der Waals surface area contributed by atoms with E-state index < -0.39 is 5.97 Å². The summed E-state index contributed by atoms with van der Waals surface area (Å²) in [6, 6.07) is 3.55. The van der Waals surface area contributed by atoms with Gasteiger partial charge in [0.1, 0.15) is 11.1 Å². The minimum absolute atomic E-state index is 0.0229. The van der Waals surface area contributed by atoms with E-state index in [1.807, 2.05) is 0 Å². The van der Waals surface area contributed by atoms with E-state index in [9.17, 15) is 14.9 Å². The van der Waals surface area contributed by atoms with E-state index in [0.29, 0.717) is 22.8 Å². The predicted molar refractivity (Wildman–Crippen MR) is 86.2 cm³/mol. The molecule has 1 unspecified atom stereocenters. The second kappa shape index (κ2) is 7.97. The van der Waals surface area contributed by atoms with Crippen LogP contribution in [0, 0.1) is 18.3 Å². The van der Waals surface area contributed by atoms with Gasteiger partial charge in [-0.15, -0.1) is 0 Å². The molecule has 1 atom stereocenters. The van der Waals surface area contributed by atoms with E-state index in [4.69, 9.17) is 4.74 Å². The van der Waals surface area contributed by atoms with Crippen molar-refractivity contribution in [3.63, 3.8) is 0 Å². The molecule has 1 N–H and O–H groups in total. The Morgan fingerprint density at radius 1 is 1.57 bits per heavy atom. The quantitative estimate of drug-likeness (QED) is 0.849. The molecule has 6 nitrogen and oxygen atoms in total. The maximum atomic E-state index is 12.0. The van der Waals surface area contributed by atoms with Crippen LogP contribution in [0.2, 0.25) is 0 Å². The molecule has 1 fully saturated rings. The van der Waals surface area contributed by atoms with Gasteiger partial charge in [-0.2, -0.15) is 5.26 Å². The van der Waals surface area contributed by atoms with E-state index in [0.717, 1.165) is 19.3 Å². The molecule has 2 rings (SSSR count). The van der Waals surface area contributed by atoms with Crippen molar-refractivity contribution in [2.75, 3.05) is 13.2 Å². The van der Waals surface area contributed by atoms with Crippen LogP contribution in [0.1, 0.15) is 47.8 Å². The molecule has 0 radical (unpaired) electrons. The fourth-order valence-corrected chi connectivity index (χ4v) is 3.49. The molecule has 1 aromatic heterocycles. The third-order valence-electron chi connectivity index (χ3n) is 3.53. The average molecular weight is 333 g/mol. The number of nitriles is 1. The largest absolute Gasteiger partial charge is 0.462 e. The monoisotopic (exact) mass is 333 g/mol. The standard InChI is InChI=1S/C16H19N3O3S/c1-3-22-16(21)12-8-11(9-17)15(19-10(12)2)23-13-6-4-5-7-18-14(13)20/h8,13H,3-7H2,1-2H3,(H,18,20). The van der Waals surface area contributed by atoms with Gasteiger partial charge < -0.3 is 10.1 Å². The van der Waals surface area contributed by atoms with Gasteiger partial charge in [0.15, 0.2) is 0 Å². The lowest BCUT2D eigenvalue weighted by molar-refractivity contribution is -0.120. The number of hydrogen-bond donors (Lipinski definition) is 1. The highest BCUT2D eigenvalue weighted by molar-refractivity contribution is 8.00. The van der Waals surface area contributed by atoms with Crippen LogP contribution in [0.3, 0.4) is 0 Å². The first kappa shape index (κ1) is 17.3. The fraction of sp³-hybridized carbons (Fsp3) is 0.500. The Bertz CT molecular complexity index is 655. The molecule has 7 heteroatoms. The number of hydrogen-bond acceptors (Lipinski definition) is 6. The lowest BCUT2D eigenvalue weighted by Gasteiger charge is -2.14. The highest BCUT2D eigenvalue weighted by Gasteiger charge is 2.25. The molecule has 1 aliphatic rings. The van der Waals surface area contributed by atoms with Crippen molar-refractivity contribution in [1.29, 1.82) is 5.26 Å². The first-order valence-corrected chi connectivity index (χ1v) is 8.48. The van der Waals surface area contributed by atoms with Crippen molar-refractivity contribution in [1.82, 2.24) is 10.3 Å². The summed E-state index contributed by atoms with van der Waals surface area (Å²) in [5.74, 6) is -0.511. The molecule has 1 aromatic rings. The van der Waals surface area contributed by atoms with Crippen LogP contribution in [0.4, 0.5) is 0 Å². The zero-order chi connectivity index (χ0) is 16.8. The Balaban J connectivity index is 2.28. The van der Waals surface area contributed by atoms with Crippen molar-refractivity contribution < 1.29 is 14.3 Å². The van der Waals surface area contributed by atoms with Crippen LogP contribution >= 0.6 is 11.8 Å². The lowest BCUT2D eigenvalue weighted by Crippen LogP contribution is -2.30. The number of pyridine rings is 1. The molecule has 0 saturated carbocycles. The molecule has 0 aliphatic carbocycles. The van der Waals surface area contributed by atoms with Gasteiger partial charge in [0.05, 0.1) is 28.7 Å². The van der Waals surface area contributed by atoms with Gasteiger partial charge in [0.2, 0.25) is 5.91 Å². The number of aromatic nitrogens is 1. The van der Waals surface area contributed by atoms with E-state index in [1.54, 1.807) is 13.8 Å². The van der Waals surface area contributed by atoms with Gasteiger partial charge in [0.25, 0.3) is 0 Å². The van der Waals surface area contributed by atoms with Crippen molar-refractivity contribution in [3.05, 3.63) is 22.9 Å². The Morgan fingerprint density at radius 3 is 3.04 bits per heavy atom. The number of rotatable bonds is 4. The summed E-state index contributed by atoms with van der Waals surface area (Å²) < 4.78 is 4.97. The summed E-state index contributed by atoms with van der Waals surface area (Å²) in [5.41, 5.74) is 1.08. The highest BCUT2D eigenvalue weighted by atomic mass is 32.2. The third-order valence-corrected chi connectivity index (χ3v) is 4.80. The molecule has 1 aliphatic heterocycles. The number of nitrogens with zero attached hydrogens (tertiary/aromatic N) is 2. The first-order chi connectivity index (χ1) is 11.1. The summed E-state index contributed by atoms with van der Waals surface area (Å²) in [4.78, 5) is 28.3. The number of amides is 1. The molecule has 2 heterocycles. The number of carbonyl (C=O) groups excluding carboxylic acids is 2. The number of ether oxygens (including phenoxy) is 1. The third kappa shape index (κ3) is 4.23. The topological polar surface area (TPSA) is 92.1 Å². The number of carbonyl (C=O) groups is 2. The maximum absolute atomic E-state index is 12.0. The average Bonchev–Trinajstić information content (AvgIpc) is 2.73. The van der Waals surface area contributed by atoms with Crippen LogP contribution < -0.4 is 5.32 Å². The van der Waals surface area contributed by atoms with E-state index in [-0.39, 0.29) is 23.3 Å². The second-order valence-corrected chi connectivity index (χ2v) is 6.39. The van der Waals surface area contributed by atoms with Gasteiger partial charge in [-0.3, -0.25) is 4.79 Å². The SMILES string of the molecule is CCOC(=O)c1cc(C#N)c(SC2CCCCNC2=O)nc1C. The summed E-state index contributed by atoms with van der Waals surface area (Å²) in [5, 5.41) is 12.4. The molecule has 0 spiro atoms. The normalized spacial score (nSPS) is 17.8. The van der Waals surface area contributed by atoms with Gasteiger partial charge >= 0.3 is 5.97 Å². The molecule has 0 bridgehead atoms. The summed E-state index contributed by atoms with van der Waals surface area (Å²) in [6.45, 7) is 4.37. The Morgan fingerprint density at radius 2 is 2.35 bits per heavy atom. The van der Waals surface area contributed by atoms with E-state index in [1.165, 1.54) is 17.8 Å². The Kier molecular flexibility index (Phi) is 5.99. The first-order valence-electron chi connectivity index (χ1n) is 7.60. The van der Waals surface area contributed by atoms with Crippen LogP contribution in [0.5, 0.6) is 0 Å². The number of thioether (sulfide) groups is 1. The lowest BCUT2D eigenvalue weighted by atomic mass is 10.1. The van der Waals surface area contributed by atoms with Crippen LogP contribution in [-0.4, -0.2) is 35.3 Å². The summed E-state index contributed by atoms with van der Waals surface area (Å²) in [7, 11) is 0. The van der Waals surface area contributed by atoms with Crippen molar-refractivity contribution in [3.8, 4) is 6.07 Å². The van der Waals surface area contributed by atoms with E-state index in [2.05, 4.69) is 16.4 Å². The minimum Gasteiger partial charge on any atom is -0.462 e. The molecule has 23 heavy (non-hydrogen) atoms. The maximum Gasteiger partial charge on any atom is 0.340 e. The smallest absolute Gasteiger partial charge is 0.340 e. The Labute approximate surface area is 139 Å². The second-order valence-electron chi connectivity index (χ2n) is 5.20. The van der Waals surface area contributed by atoms with Crippen molar-refractivity contribution >= 4 is 23.6 Å². The molecular formula is C16H19N3O3S. The van der Waals surface area contributed by atoms with Crippen molar-refractivity contribution in [2.24, 2.45) is 0 Å². The Hall–Kier alpha value is -2.07. The summed E-state index contributed by atoms with van der Waals surface area (Å²) >= 11 is 1.29. The highest BCUT2D eigenvalue weighted by Crippen LogP contribution is 2.30. The van der Waals surface area contributed by atoms with Gasteiger partial charge in [-0.1, -0.05) is 18.2 Å². The fourth-order valence-electron chi connectivity index (χ4n) is 2.33. The number of aryl methyl sites for hydroxylation is 1. The van der Waals surface area contributed by atoms with Crippen molar-refractivity contribution in [2.45, 2.75) is 43.4 Å². The summed E-state index contributed by atoms with van der Waals surface area (Å²) in [6.07, 6.45) is 2.67. The minimum atomic E-state index is -0.488. The molecule has 122 valence electrons. The number of nitrogens with one attached hydrogen (secondary N) is 1. The van der Waals surface area contributed by atoms with E-state index >= 15 is 0 Å². The van der Waals surface area contributed by atoms with Crippen LogP contribution in [-0.2, 0) is 9.53 Å². The predicted octanol–water partition coefficient (Wildman–Crippen LogP) is 2.20. The zero-order valence-electron chi connectivity index (χ0n) is 13.2. The van der Waals surface area contributed by atoms with Crippen LogP contribution in [0.15, 0.2) is 11.1 Å². The molecule has 1 amide bonds. The molecular weight excluding hydrogens is 314 g/mol. The molecule has 0 aromatic carbocycles. The van der Waals surface area contributed by atoms with Gasteiger partial charge in [-0.25, -0.2) is 9.78 Å². The van der Waals surface area contributed by atoms with Gasteiger partial charge in [0, 0.05) is 6.54 Å². The zero-order valence-corrected chi connectivity index (χ0v) is 14.0. The van der Waals surface area contributed by atoms with Crippen LogP contribution in [0.25, 0.3) is 0 Å². The van der Waals surface area contributed by atoms with Gasteiger partial charge in [-0.05, 0) is 32.8 Å². The molecule has 1 saturated heterocycles.